The molecule has 13 heteroatoms. The maximum atomic E-state index is 17.2. The number of fused-ring (bicyclic) bond motifs is 2. The summed E-state index contributed by atoms with van der Waals surface area (Å²) in [5.74, 6) is 0.488. The van der Waals surface area contributed by atoms with E-state index in [4.69, 9.17) is 38.5 Å². The van der Waals surface area contributed by atoms with E-state index in [0.717, 1.165) is 58.9 Å². The van der Waals surface area contributed by atoms with Crippen LogP contribution in [0.25, 0.3) is 32.9 Å². The van der Waals surface area contributed by atoms with Gasteiger partial charge >= 0.3 is 12.1 Å². The largest absolute Gasteiger partial charge is 0.488 e. The number of likely N-dealkylation sites (tertiary alicyclic amines) is 1. The molecule has 0 spiro atoms. The van der Waals surface area contributed by atoms with Gasteiger partial charge in [0, 0.05) is 59.8 Å². The number of hydrogen-bond acceptors (Lipinski definition) is 10. The van der Waals surface area contributed by atoms with Crippen LogP contribution < -0.4 is 14.2 Å². The molecule has 0 N–H and O–H groups in total. The monoisotopic (exact) mass is 1010 g/mol. The number of esters is 1. The maximum absolute atomic E-state index is 17.2. The minimum Gasteiger partial charge on any atom is -0.488 e. The van der Waals surface area contributed by atoms with Crippen molar-refractivity contribution in [2.45, 2.75) is 95.7 Å². The van der Waals surface area contributed by atoms with Crippen LogP contribution in [0.4, 0.5) is 9.18 Å². The van der Waals surface area contributed by atoms with Crippen molar-refractivity contribution < 1.29 is 42.4 Å². The molecule has 2 aliphatic heterocycles. The zero-order valence-corrected chi connectivity index (χ0v) is 43.0. The molecule has 11 rings (SSSR count). The van der Waals surface area contributed by atoms with Gasteiger partial charge < -0.3 is 33.3 Å². The highest BCUT2D eigenvalue weighted by molar-refractivity contribution is 6.05. The molecule has 8 aromatic rings. The Morgan fingerprint density at radius 2 is 1.45 bits per heavy atom. The van der Waals surface area contributed by atoms with Gasteiger partial charge in [-0.2, -0.15) is 5.10 Å². The number of aromatic nitrogens is 3. The number of benzene rings is 6. The van der Waals surface area contributed by atoms with Crippen LogP contribution in [0.3, 0.4) is 0 Å². The van der Waals surface area contributed by atoms with Gasteiger partial charge in [-0.1, -0.05) is 103 Å². The highest BCUT2D eigenvalue weighted by Crippen LogP contribution is 2.54. The Kier molecular flexibility index (Phi) is 13.5. The van der Waals surface area contributed by atoms with Gasteiger partial charge in [0.1, 0.15) is 47.5 Å². The molecule has 0 unspecified atom stereocenters. The number of pyridine rings is 1. The van der Waals surface area contributed by atoms with Gasteiger partial charge in [0.05, 0.1) is 30.8 Å². The van der Waals surface area contributed by atoms with Crippen LogP contribution in [0.1, 0.15) is 103 Å². The summed E-state index contributed by atoms with van der Waals surface area (Å²) >= 11 is 0. The van der Waals surface area contributed by atoms with E-state index in [1.165, 1.54) is 13.2 Å². The van der Waals surface area contributed by atoms with E-state index in [0.29, 0.717) is 82.2 Å². The first-order valence-electron chi connectivity index (χ1n) is 25.9. The number of hydrogen-bond donors (Lipinski definition) is 0. The summed E-state index contributed by atoms with van der Waals surface area (Å²) in [6.07, 6.45) is 5.38. The van der Waals surface area contributed by atoms with Gasteiger partial charge in [0.2, 0.25) is 5.88 Å². The predicted octanol–water partition coefficient (Wildman–Crippen LogP) is 12.7. The van der Waals surface area contributed by atoms with Gasteiger partial charge in [0.25, 0.3) is 0 Å². The molecule has 4 heterocycles. The Morgan fingerprint density at radius 1 is 0.787 bits per heavy atom. The zero-order chi connectivity index (χ0) is 51.8. The second kappa shape index (κ2) is 20.5. The first-order valence-corrected chi connectivity index (χ1v) is 25.9. The molecule has 2 saturated heterocycles. The Bertz CT molecular complexity index is 3270. The van der Waals surface area contributed by atoms with Crippen LogP contribution in [0.15, 0.2) is 140 Å². The first-order chi connectivity index (χ1) is 36.4. The smallest absolute Gasteiger partial charge is 0.410 e. The number of carbonyl (C=O) groups excluding carboxylic acids is 2. The van der Waals surface area contributed by atoms with Crippen LogP contribution >= 0.6 is 0 Å². The van der Waals surface area contributed by atoms with Crippen molar-refractivity contribution in [3.63, 3.8) is 0 Å². The van der Waals surface area contributed by atoms with Gasteiger partial charge in [-0.3, -0.25) is 4.68 Å². The Balaban J connectivity index is 1.14. The van der Waals surface area contributed by atoms with E-state index in [9.17, 15) is 9.59 Å². The van der Waals surface area contributed by atoms with E-state index < -0.39 is 29.0 Å². The third-order valence-corrected chi connectivity index (χ3v) is 14.5. The Morgan fingerprint density at radius 3 is 2.05 bits per heavy atom. The van der Waals surface area contributed by atoms with Crippen molar-refractivity contribution in [1.82, 2.24) is 19.7 Å². The molecule has 12 nitrogen and oxygen atoms in total. The van der Waals surface area contributed by atoms with Crippen LogP contribution in [-0.4, -0.2) is 82.9 Å². The summed E-state index contributed by atoms with van der Waals surface area (Å²) in [5.41, 5.74) is 6.13. The fraction of sp³-hybridized carbons (Fsp3) is 0.323. The molecular formula is C62H61FN4O8. The maximum Gasteiger partial charge on any atom is 0.410 e. The zero-order valence-electron chi connectivity index (χ0n) is 43.0. The molecule has 75 heavy (non-hydrogen) atoms. The number of amides is 1. The Hall–Kier alpha value is -7.77. The average molecular weight is 1010 g/mol. The van der Waals surface area contributed by atoms with Crippen LogP contribution in [0.2, 0.25) is 0 Å². The molecule has 6 aromatic carbocycles. The van der Waals surface area contributed by atoms with Gasteiger partial charge in [-0.25, -0.2) is 19.0 Å². The Labute approximate surface area is 436 Å². The van der Waals surface area contributed by atoms with Crippen LogP contribution in [-0.2, 0) is 26.4 Å². The third-order valence-electron chi connectivity index (χ3n) is 14.5. The minimum atomic E-state index is -0.981. The quantitative estimate of drug-likeness (QED) is 0.0724. The summed E-state index contributed by atoms with van der Waals surface area (Å²) in [7, 11) is 1.35. The summed E-state index contributed by atoms with van der Waals surface area (Å²) in [4.78, 5) is 32.8. The van der Waals surface area contributed by atoms with Crippen molar-refractivity contribution in [2.75, 3.05) is 33.4 Å². The summed E-state index contributed by atoms with van der Waals surface area (Å²) in [6.45, 7) is 9.18. The molecule has 3 aliphatic rings. The summed E-state index contributed by atoms with van der Waals surface area (Å²) in [5, 5.41) is 6.80. The van der Waals surface area contributed by atoms with Crippen molar-refractivity contribution >= 4 is 33.9 Å². The van der Waals surface area contributed by atoms with E-state index >= 15 is 4.39 Å². The molecule has 1 aliphatic carbocycles. The number of nitrogens with zero attached hydrogens (tertiary/aromatic N) is 4. The van der Waals surface area contributed by atoms with Crippen molar-refractivity contribution in [2.24, 2.45) is 0 Å². The van der Waals surface area contributed by atoms with Gasteiger partial charge in [-0.05, 0) is 111 Å². The van der Waals surface area contributed by atoms with Crippen molar-refractivity contribution in [3.05, 3.63) is 184 Å². The number of rotatable bonds is 15. The summed E-state index contributed by atoms with van der Waals surface area (Å²) < 4.78 is 56.6. The highest BCUT2D eigenvalue weighted by atomic mass is 19.1. The van der Waals surface area contributed by atoms with Gasteiger partial charge in [-0.15, -0.1) is 0 Å². The normalized spacial score (nSPS) is 16.9. The van der Waals surface area contributed by atoms with E-state index in [1.807, 2.05) is 105 Å². The molecule has 0 radical (unpaired) electrons. The fourth-order valence-electron chi connectivity index (χ4n) is 10.7. The number of ether oxygens (including phenoxy) is 6. The number of halogens is 1. The lowest BCUT2D eigenvalue weighted by atomic mass is 9.77. The predicted molar refractivity (Wildman–Crippen MR) is 285 cm³/mol. The number of methoxy groups -OCH3 is 1. The third kappa shape index (κ3) is 9.89. The molecular weight excluding hydrogens is 948 g/mol. The van der Waals surface area contributed by atoms with Crippen LogP contribution in [0, 0.1) is 12.7 Å². The van der Waals surface area contributed by atoms with E-state index in [1.54, 1.807) is 17.0 Å². The summed E-state index contributed by atoms with van der Waals surface area (Å²) in [6, 6.07) is 43.5. The highest BCUT2D eigenvalue weighted by Gasteiger charge is 2.41. The topological polar surface area (TPSA) is 123 Å². The fourth-order valence-corrected chi connectivity index (χ4v) is 10.7. The second-order valence-corrected chi connectivity index (χ2v) is 20.9. The SMILES string of the molecule is COC(=O)c1ccc(COc2c(-c3c(C)c(F)cc4nn(C(c5ccccc5)(c5ccccc5)c5ccccc5)cc34)c(C3CC3)cc3c(O[C@H]4CCN(C(=O)OC(C)(C)C)C4)cc(OC[C@H]4CCCO4)nc23)cc1. The van der Waals surface area contributed by atoms with E-state index in [2.05, 4.69) is 48.7 Å². The van der Waals surface area contributed by atoms with Crippen molar-refractivity contribution in [1.29, 1.82) is 0 Å². The lowest BCUT2D eigenvalue weighted by molar-refractivity contribution is 0.0275. The van der Waals surface area contributed by atoms with Crippen molar-refractivity contribution in [3.8, 4) is 28.5 Å². The molecule has 0 bridgehead atoms. The van der Waals surface area contributed by atoms with E-state index in [-0.39, 0.29) is 31.3 Å². The second-order valence-electron chi connectivity index (χ2n) is 20.9. The molecule has 3 fully saturated rings. The molecule has 1 saturated carbocycles. The minimum absolute atomic E-state index is 0.0694. The molecule has 2 atom stereocenters. The molecule has 2 aromatic heterocycles. The average Bonchev–Trinajstić information content (AvgIpc) is 3.70. The molecule has 384 valence electrons. The molecule has 1 amide bonds. The first kappa shape index (κ1) is 49.4. The number of carbonyl (C=O) groups is 2. The lowest BCUT2D eigenvalue weighted by Gasteiger charge is -2.36. The lowest BCUT2D eigenvalue weighted by Crippen LogP contribution is -2.38. The van der Waals surface area contributed by atoms with Crippen LogP contribution in [0.5, 0.6) is 17.4 Å². The standard InChI is InChI=1S/C62H61FN4O8/c1-39-51(63)33-52-50(36-67(65-52)62(43-16-9-6-10-17-43,44-18-11-7-12-19-44)45-20-13-8-14-21-45)55(39)56-48(41-27-28-41)32-49-53(74-46-29-30-66(35-46)60(69)75-61(2,3)4)34-54(72-38-47-22-15-31-71-47)64-57(49)58(56)73-37-40-23-25-42(26-24-40)59(68)70-5/h6-14,16-21,23-26,32-34,36,41,46-47H,15,22,27-31,35,37-38H2,1-5H3/t46-,47+/m0/s1. The van der Waals surface area contributed by atoms with Gasteiger partial charge in [0.15, 0.2) is 5.75 Å².